The molecule has 0 saturated heterocycles. The summed E-state index contributed by atoms with van der Waals surface area (Å²) < 4.78 is 0. The highest BCUT2D eigenvalue weighted by atomic mass is 35.5. The van der Waals surface area contributed by atoms with Crippen LogP contribution in [0, 0.1) is 12.3 Å². The minimum Gasteiger partial charge on any atom is -0.363 e. The molecule has 2 aromatic rings. The van der Waals surface area contributed by atoms with Crippen LogP contribution in [0.1, 0.15) is 0 Å². The predicted octanol–water partition coefficient (Wildman–Crippen LogP) is 2.90. The van der Waals surface area contributed by atoms with Gasteiger partial charge >= 0.3 is 0 Å². The van der Waals surface area contributed by atoms with Gasteiger partial charge in [0.05, 0.1) is 6.54 Å². The molecular formula is C11H8ClN3S. The zero-order valence-electron chi connectivity index (χ0n) is 8.27. The number of hydrogen-bond acceptors (Lipinski definition) is 4. The van der Waals surface area contributed by atoms with Gasteiger partial charge in [-0.2, -0.15) is 0 Å². The molecule has 0 fully saturated rings. The lowest BCUT2D eigenvalue weighted by Crippen LogP contribution is -1.95. The number of hydrogen-bond donors (Lipinski definition) is 1. The summed E-state index contributed by atoms with van der Waals surface area (Å²) in [5, 5.41) is 5.09. The number of nitrogens with zero attached hydrogens (tertiary/aromatic N) is 2. The first-order valence-corrected chi connectivity index (χ1v) is 5.75. The first-order valence-electron chi connectivity index (χ1n) is 4.55. The number of terminal acetylenes is 1. The maximum absolute atomic E-state index is 5.98. The maximum atomic E-state index is 5.98. The van der Waals surface area contributed by atoms with Gasteiger partial charge in [-0.05, 0) is 12.1 Å². The Morgan fingerprint density at radius 1 is 1.56 bits per heavy atom. The molecule has 0 bridgehead atoms. The van der Waals surface area contributed by atoms with Gasteiger partial charge in [-0.1, -0.05) is 28.9 Å². The van der Waals surface area contributed by atoms with Gasteiger partial charge in [-0.15, -0.1) is 6.42 Å². The summed E-state index contributed by atoms with van der Waals surface area (Å²) in [7, 11) is 0. The molecule has 0 unspecified atom stereocenters. The fourth-order valence-electron chi connectivity index (χ4n) is 1.15. The topological polar surface area (TPSA) is 37.8 Å². The van der Waals surface area contributed by atoms with E-state index in [1.165, 1.54) is 11.3 Å². The number of thiazole rings is 1. The largest absolute Gasteiger partial charge is 0.363 e. The van der Waals surface area contributed by atoms with Gasteiger partial charge in [0, 0.05) is 18.0 Å². The van der Waals surface area contributed by atoms with Crippen molar-refractivity contribution < 1.29 is 0 Å². The summed E-state index contributed by atoms with van der Waals surface area (Å²) in [6.07, 6.45) is 8.63. The zero-order chi connectivity index (χ0) is 11.4. The molecule has 16 heavy (non-hydrogen) atoms. The van der Waals surface area contributed by atoms with Gasteiger partial charge in [-0.25, -0.2) is 4.98 Å². The Balaban J connectivity index is 2.28. The van der Waals surface area contributed by atoms with Gasteiger partial charge in [0.1, 0.15) is 10.0 Å². The zero-order valence-corrected chi connectivity index (χ0v) is 9.85. The van der Waals surface area contributed by atoms with Crippen molar-refractivity contribution in [2.45, 2.75) is 0 Å². The molecule has 0 amide bonds. The van der Waals surface area contributed by atoms with E-state index in [1.807, 2.05) is 12.1 Å². The van der Waals surface area contributed by atoms with Crippen molar-refractivity contribution in [3.63, 3.8) is 0 Å². The number of anilines is 1. The highest BCUT2D eigenvalue weighted by Gasteiger charge is 2.09. The minimum atomic E-state index is 0.439. The Hall–Kier alpha value is -1.57. The van der Waals surface area contributed by atoms with Crippen LogP contribution in [0.2, 0.25) is 5.15 Å². The Kier molecular flexibility index (Phi) is 3.40. The molecular weight excluding hydrogens is 242 g/mol. The molecule has 2 rings (SSSR count). The minimum absolute atomic E-state index is 0.439. The summed E-state index contributed by atoms with van der Waals surface area (Å²) in [6.45, 7) is 0.439. The SMILES string of the molecule is C#CCNc1sc(-c2cccnc2)nc1Cl. The average molecular weight is 250 g/mol. The van der Waals surface area contributed by atoms with E-state index in [1.54, 1.807) is 12.4 Å². The van der Waals surface area contributed by atoms with Crippen LogP contribution in [0.5, 0.6) is 0 Å². The fraction of sp³-hybridized carbons (Fsp3) is 0.0909. The molecule has 2 aromatic heterocycles. The van der Waals surface area contributed by atoms with E-state index in [0.29, 0.717) is 11.7 Å². The van der Waals surface area contributed by atoms with Crippen molar-refractivity contribution in [1.82, 2.24) is 9.97 Å². The lowest BCUT2D eigenvalue weighted by Gasteiger charge is -1.95. The Morgan fingerprint density at radius 3 is 3.12 bits per heavy atom. The van der Waals surface area contributed by atoms with Gasteiger partial charge in [0.2, 0.25) is 0 Å². The van der Waals surface area contributed by atoms with Gasteiger partial charge in [0.25, 0.3) is 0 Å². The second-order valence-corrected chi connectivity index (χ2v) is 4.30. The van der Waals surface area contributed by atoms with Crippen molar-refractivity contribution in [1.29, 1.82) is 0 Å². The standard InChI is InChI=1S/C11H8ClN3S/c1-2-5-14-11-9(12)15-10(16-11)8-4-3-6-13-7-8/h1,3-4,6-7,14H,5H2. The second-order valence-electron chi connectivity index (χ2n) is 2.94. The highest BCUT2D eigenvalue weighted by molar-refractivity contribution is 7.19. The van der Waals surface area contributed by atoms with Crippen LogP contribution in [-0.2, 0) is 0 Å². The molecule has 1 N–H and O–H groups in total. The first kappa shape index (κ1) is 10.9. The average Bonchev–Trinajstić information content (AvgIpc) is 2.69. The number of nitrogens with one attached hydrogen (secondary N) is 1. The third-order valence-corrected chi connectivity index (χ3v) is 3.29. The maximum Gasteiger partial charge on any atom is 0.164 e. The summed E-state index contributed by atoms with van der Waals surface area (Å²) in [4.78, 5) is 8.28. The Bertz CT molecular complexity index is 516. The quantitative estimate of drug-likeness (QED) is 0.850. The smallest absolute Gasteiger partial charge is 0.164 e. The van der Waals surface area contributed by atoms with Crippen LogP contribution in [0.25, 0.3) is 10.6 Å². The molecule has 0 aliphatic rings. The van der Waals surface area contributed by atoms with Crippen molar-refractivity contribution in [2.24, 2.45) is 0 Å². The van der Waals surface area contributed by atoms with E-state index in [-0.39, 0.29) is 0 Å². The van der Waals surface area contributed by atoms with E-state index in [0.717, 1.165) is 15.6 Å². The van der Waals surface area contributed by atoms with Crippen LogP contribution in [0.4, 0.5) is 5.00 Å². The molecule has 0 aliphatic heterocycles. The number of aromatic nitrogens is 2. The fourth-order valence-corrected chi connectivity index (χ4v) is 2.31. The van der Waals surface area contributed by atoms with Crippen LogP contribution in [-0.4, -0.2) is 16.5 Å². The van der Waals surface area contributed by atoms with Crippen LogP contribution >= 0.6 is 22.9 Å². The molecule has 2 heterocycles. The van der Waals surface area contributed by atoms with Crippen molar-refractivity contribution in [3.8, 4) is 22.9 Å². The monoisotopic (exact) mass is 249 g/mol. The van der Waals surface area contributed by atoms with Crippen molar-refractivity contribution in [3.05, 3.63) is 29.7 Å². The number of halogens is 1. The van der Waals surface area contributed by atoms with Gasteiger partial charge < -0.3 is 5.32 Å². The van der Waals surface area contributed by atoms with E-state index in [9.17, 15) is 0 Å². The first-order chi connectivity index (χ1) is 7.81. The highest BCUT2D eigenvalue weighted by Crippen LogP contribution is 2.34. The lowest BCUT2D eigenvalue weighted by atomic mass is 10.3. The third kappa shape index (κ3) is 2.32. The molecule has 0 saturated carbocycles. The van der Waals surface area contributed by atoms with E-state index in [4.69, 9.17) is 18.0 Å². The number of pyridine rings is 1. The Morgan fingerprint density at radius 2 is 2.44 bits per heavy atom. The van der Waals surface area contributed by atoms with Crippen LogP contribution in [0.3, 0.4) is 0 Å². The van der Waals surface area contributed by atoms with Crippen LogP contribution in [0.15, 0.2) is 24.5 Å². The van der Waals surface area contributed by atoms with Crippen LogP contribution < -0.4 is 5.32 Å². The second kappa shape index (κ2) is 4.97. The third-order valence-electron chi connectivity index (χ3n) is 1.85. The Labute approximate surface area is 103 Å². The van der Waals surface area contributed by atoms with Crippen molar-refractivity contribution in [2.75, 3.05) is 11.9 Å². The number of rotatable bonds is 3. The molecule has 0 atom stereocenters. The molecule has 0 radical (unpaired) electrons. The van der Waals surface area contributed by atoms with E-state index in [2.05, 4.69) is 21.2 Å². The lowest BCUT2D eigenvalue weighted by molar-refractivity contribution is 1.31. The molecule has 0 aliphatic carbocycles. The summed E-state index contributed by atoms with van der Waals surface area (Å²) >= 11 is 7.44. The summed E-state index contributed by atoms with van der Waals surface area (Å²) in [6, 6.07) is 3.80. The molecule has 3 nitrogen and oxygen atoms in total. The van der Waals surface area contributed by atoms with E-state index >= 15 is 0 Å². The van der Waals surface area contributed by atoms with Crippen molar-refractivity contribution >= 4 is 27.9 Å². The molecule has 5 heteroatoms. The van der Waals surface area contributed by atoms with Gasteiger partial charge in [0.15, 0.2) is 5.15 Å². The molecule has 0 aromatic carbocycles. The summed E-state index contributed by atoms with van der Waals surface area (Å²) in [5.74, 6) is 2.49. The molecule has 0 spiro atoms. The summed E-state index contributed by atoms with van der Waals surface area (Å²) in [5.41, 5.74) is 0.947. The molecule has 80 valence electrons. The van der Waals surface area contributed by atoms with Gasteiger partial charge in [-0.3, -0.25) is 4.98 Å². The normalized spacial score (nSPS) is 9.75. The van der Waals surface area contributed by atoms with E-state index < -0.39 is 0 Å². The predicted molar refractivity (Wildman–Crippen MR) is 67.7 cm³/mol.